The molecule has 0 aliphatic heterocycles. The summed E-state index contributed by atoms with van der Waals surface area (Å²) in [6.07, 6.45) is -0.0534. The van der Waals surface area contributed by atoms with E-state index in [1.807, 2.05) is 45.0 Å². The average Bonchev–Trinajstić information content (AvgIpc) is 2.36. The van der Waals surface area contributed by atoms with Crippen LogP contribution < -0.4 is 15.8 Å². The minimum Gasteiger partial charge on any atom is -0.486 e. The third kappa shape index (κ3) is 5.59. The molecule has 1 aromatic rings. The molecule has 20 heavy (non-hydrogen) atoms. The van der Waals surface area contributed by atoms with Gasteiger partial charge >= 0.3 is 0 Å². The third-order valence-electron chi connectivity index (χ3n) is 2.59. The fourth-order valence-electron chi connectivity index (χ4n) is 1.66. The molecule has 3 N–H and O–H groups in total. The van der Waals surface area contributed by atoms with Crippen molar-refractivity contribution in [2.24, 2.45) is 5.73 Å². The Morgan fingerprint density at radius 2 is 2.00 bits per heavy atom. The van der Waals surface area contributed by atoms with Crippen LogP contribution >= 0.6 is 0 Å². The highest BCUT2D eigenvalue weighted by Crippen LogP contribution is 2.27. The second-order valence-electron chi connectivity index (χ2n) is 5.56. The molecule has 1 amide bonds. The van der Waals surface area contributed by atoms with Crippen LogP contribution in [0.4, 0.5) is 5.69 Å². The maximum atomic E-state index is 12.0. The molecule has 0 heterocycles. The summed E-state index contributed by atoms with van der Waals surface area (Å²) >= 11 is 0. The van der Waals surface area contributed by atoms with Crippen LogP contribution in [0.1, 0.15) is 27.2 Å². The van der Waals surface area contributed by atoms with E-state index in [0.29, 0.717) is 18.0 Å². The number of methoxy groups -OCH3 is 1. The second kappa shape index (κ2) is 7.26. The highest BCUT2D eigenvalue weighted by Gasteiger charge is 2.17. The van der Waals surface area contributed by atoms with Crippen molar-refractivity contribution >= 4 is 11.6 Å². The zero-order valence-electron chi connectivity index (χ0n) is 12.6. The van der Waals surface area contributed by atoms with Gasteiger partial charge in [0.05, 0.1) is 18.2 Å². The number of hydrogen-bond acceptors (Lipinski definition) is 4. The van der Waals surface area contributed by atoms with Gasteiger partial charge in [0.2, 0.25) is 5.91 Å². The van der Waals surface area contributed by atoms with E-state index >= 15 is 0 Å². The number of para-hydroxylation sites is 2. The molecule has 0 saturated heterocycles. The first-order valence-electron chi connectivity index (χ1n) is 6.66. The number of nitrogens with one attached hydrogen (secondary N) is 1. The number of carbonyl (C=O) groups excluding carboxylic acids is 1. The quantitative estimate of drug-likeness (QED) is 0.837. The topological polar surface area (TPSA) is 73.6 Å². The van der Waals surface area contributed by atoms with Gasteiger partial charge in [-0.25, -0.2) is 0 Å². The minimum atomic E-state index is -0.326. The highest BCUT2D eigenvalue weighted by molar-refractivity contribution is 5.92. The molecule has 1 atom stereocenters. The van der Waals surface area contributed by atoms with Gasteiger partial charge < -0.3 is 20.5 Å². The summed E-state index contributed by atoms with van der Waals surface area (Å²) in [7, 11) is 1.54. The molecule has 1 aromatic carbocycles. The average molecular weight is 280 g/mol. The molecule has 0 saturated carbocycles. The van der Waals surface area contributed by atoms with Crippen molar-refractivity contribution in [1.29, 1.82) is 0 Å². The Kier molecular flexibility index (Phi) is 5.98. The lowest BCUT2D eigenvalue weighted by molar-refractivity contribution is -0.118. The van der Waals surface area contributed by atoms with Crippen LogP contribution in [0.15, 0.2) is 24.3 Å². The van der Waals surface area contributed by atoms with E-state index in [-0.39, 0.29) is 24.0 Å². The van der Waals surface area contributed by atoms with E-state index in [1.165, 1.54) is 0 Å². The molecule has 1 unspecified atom stereocenters. The molecule has 112 valence electrons. The Morgan fingerprint density at radius 3 is 2.55 bits per heavy atom. The SMILES string of the molecule is COC(CN)CC(=O)Nc1ccccc1OC(C)(C)C. The fraction of sp³-hybridized carbons (Fsp3) is 0.533. The second-order valence-corrected chi connectivity index (χ2v) is 5.56. The van der Waals surface area contributed by atoms with Crippen LogP contribution in [0, 0.1) is 0 Å². The van der Waals surface area contributed by atoms with Crippen LogP contribution in [-0.2, 0) is 9.53 Å². The van der Waals surface area contributed by atoms with Gasteiger partial charge in [-0.05, 0) is 32.9 Å². The molecule has 0 radical (unpaired) electrons. The number of ether oxygens (including phenoxy) is 2. The van der Waals surface area contributed by atoms with Crippen LogP contribution in [0.5, 0.6) is 5.75 Å². The van der Waals surface area contributed by atoms with Gasteiger partial charge in [0, 0.05) is 13.7 Å². The monoisotopic (exact) mass is 280 g/mol. The van der Waals surface area contributed by atoms with Crippen molar-refractivity contribution in [2.45, 2.75) is 38.9 Å². The normalized spacial score (nSPS) is 12.8. The number of anilines is 1. The van der Waals surface area contributed by atoms with Gasteiger partial charge in [-0.3, -0.25) is 4.79 Å². The van der Waals surface area contributed by atoms with E-state index < -0.39 is 0 Å². The number of rotatable bonds is 6. The van der Waals surface area contributed by atoms with Crippen molar-refractivity contribution in [2.75, 3.05) is 19.0 Å². The first-order valence-corrected chi connectivity index (χ1v) is 6.66. The summed E-state index contributed by atoms with van der Waals surface area (Å²) < 4.78 is 10.9. The lowest BCUT2D eigenvalue weighted by Gasteiger charge is -2.23. The summed E-state index contributed by atoms with van der Waals surface area (Å²) in [5, 5.41) is 2.83. The number of amides is 1. The molecule has 0 fully saturated rings. The minimum absolute atomic E-state index is 0.146. The zero-order chi connectivity index (χ0) is 15.2. The smallest absolute Gasteiger partial charge is 0.227 e. The molecule has 5 heteroatoms. The number of nitrogens with two attached hydrogens (primary N) is 1. The maximum Gasteiger partial charge on any atom is 0.227 e. The van der Waals surface area contributed by atoms with E-state index in [4.69, 9.17) is 15.2 Å². The lowest BCUT2D eigenvalue weighted by Crippen LogP contribution is -2.28. The van der Waals surface area contributed by atoms with Crippen molar-refractivity contribution in [1.82, 2.24) is 0 Å². The van der Waals surface area contributed by atoms with Gasteiger partial charge in [-0.15, -0.1) is 0 Å². The molecule has 0 bridgehead atoms. The standard InChI is InChI=1S/C15H24N2O3/c1-15(2,3)20-13-8-6-5-7-12(13)17-14(18)9-11(10-16)19-4/h5-8,11H,9-10,16H2,1-4H3,(H,17,18). The van der Waals surface area contributed by atoms with E-state index in [9.17, 15) is 4.79 Å². The predicted octanol–water partition coefficient (Wildman–Crippen LogP) is 2.17. The van der Waals surface area contributed by atoms with Gasteiger partial charge in [0.1, 0.15) is 11.4 Å². The summed E-state index contributed by atoms with van der Waals surface area (Å²) in [4.78, 5) is 12.0. The van der Waals surface area contributed by atoms with Gasteiger partial charge in [-0.2, -0.15) is 0 Å². The predicted molar refractivity (Wildman–Crippen MR) is 79.9 cm³/mol. The Hall–Kier alpha value is -1.59. The Morgan fingerprint density at radius 1 is 1.35 bits per heavy atom. The van der Waals surface area contributed by atoms with Crippen LogP contribution in [-0.4, -0.2) is 31.3 Å². The van der Waals surface area contributed by atoms with Crippen molar-refractivity contribution in [3.8, 4) is 5.75 Å². The molecule has 1 rings (SSSR count). The van der Waals surface area contributed by atoms with Crippen LogP contribution in [0.3, 0.4) is 0 Å². The number of carbonyl (C=O) groups is 1. The summed E-state index contributed by atoms with van der Waals surface area (Å²) in [6, 6.07) is 7.36. The summed E-state index contributed by atoms with van der Waals surface area (Å²) in [6.45, 7) is 6.19. The molecule has 5 nitrogen and oxygen atoms in total. The largest absolute Gasteiger partial charge is 0.486 e. The summed E-state index contributed by atoms with van der Waals surface area (Å²) in [5.74, 6) is 0.502. The zero-order valence-corrected chi connectivity index (χ0v) is 12.6. The van der Waals surface area contributed by atoms with Crippen LogP contribution in [0.2, 0.25) is 0 Å². The molecule has 0 spiro atoms. The van der Waals surface area contributed by atoms with E-state index in [1.54, 1.807) is 7.11 Å². The van der Waals surface area contributed by atoms with Gasteiger partial charge in [0.15, 0.2) is 0 Å². The lowest BCUT2D eigenvalue weighted by atomic mass is 10.2. The van der Waals surface area contributed by atoms with Gasteiger partial charge in [-0.1, -0.05) is 12.1 Å². The third-order valence-corrected chi connectivity index (χ3v) is 2.59. The highest BCUT2D eigenvalue weighted by atomic mass is 16.5. The van der Waals surface area contributed by atoms with E-state index in [0.717, 1.165) is 0 Å². The van der Waals surface area contributed by atoms with Crippen molar-refractivity contribution < 1.29 is 14.3 Å². The molecule has 0 aromatic heterocycles. The molecule has 0 aliphatic rings. The number of hydrogen-bond donors (Lipinski definition) is 2. The number of benzene rings is 1. The first-order chi connectivity index (χ1) is 9.35. The van der Waals surface area contributed by atoms with E-state index in [2.05, 4.69) is 5.32 Å². The van der Waals surface area contributed by atoms with Crippen LogP contribution in [0.25, 0.3) is 0 Å². The summed E-state index contributed by atoms with van der Waals surface area (Å²) in [5.41, 5.74) is 5.83. The Labute approximate surface area is 120 Å². The molecule has 0 aliphatic carbocycles. The molecular weight excluding hydrogens is 256 g/mol. The molecular formula is C15H24N2O3. The van der Waals surface area contributed by atoms with Crippen molar-refractivity contribution in [3.05, 3.63) is 24.3 Å². The van der Waals surface area contributed by atoms with Gasteiger partial charge in [0.25, 0.3) is 0 Å². The first kappa shape index (κ1) is 16.5. The maximum absolute atomic E-state index is 12.0. The fourth-order valence-corrected chi connectivity index (χ4v) is 1.66. The van der Waals surface area contributed by atoms with Crippen molar-refractivity contribution in [3.63, 3.8) is 0 Å². The Bertz CT molecular complexity index is 437. The Balaban J connectivity index is 2.74.